The van der Waals surface area contributed by atoms with Gasteiger partial charge in [-0.2, -0.15) is 0 Å². The Morgan fingerprint density at radius 2 is 1.68 bits per heavy atom. The molecule has 41 heavy (non-hydrogen) atoms. The van der Waals surface area contributed by atoms with Crippen molar-refractivity contribution in [2.45, 2.75) is 150 Å². The number of fused-ring (bicyclic) bond motifs is 4. The van der Waals surface area contributed by atoms with Crippen molar-refractivity contribution in [3.05, 3.63) is 0 Å². The van der Waals surface area contributed by atoms with Crippen molar-refractivity contribution in [2.75, 3.05) is 6.54 Å². The van der Waals surface area contributed by atoms with Crippen LogP contribution in [0.25, 0.3) is 0 Å². The molecule has 0 bridgehead atoms. The highest BCUT2D eigenvalue weighted by Crippen LogP contribution is 2.87. The molecular weight excluding hydrogens is 518 g/mol. The van der Waals surface area contributed by atoms with E-state index in [4.69, 9.17) is 19.9 Å². The highest BCUT2D eigenvalue weighted by atomic mass is 16.6. The number of nitrogens with two attached hydrogens (primary N) is 1. The van der Waals surface area contributed by atoms with Gasteiger partial charge in [0, 0.05) is 13.8 Å². The Morgan fingerprint density at radius 1 is 1.00 bits per heavy atom. The molecule has 11 atom stereocenters. The minimum atomic E-state index is -1.15. The Labute approximate surface area is 249 Å². The second-order valence-electron chi connectivity index (χ2n) is 15.7. The summed E-state index contributed by atoms with van der Waals surface area (Å²) in [5.41, 5.74) is 5.53. The van der Waals surface area contributed by atoms with Crippen molar-refractivity contribution < 1.29 is 30.3 Å². The quantitative estimate of drug-likeness (QED) is 0.384. The Kier molecular flexibility index (Phi) is 7.98. The molecule has 0 aromatic heterocycles. The average molecular weight is 578 g/mol. The van der Waals surface area contributed by atoms with Crippen molar-refractivity contribution in [1.82, 2.24) is 0 Å². The molecule has 0 radical (unpaired) electrons. The van der Waals surface area contributed by atoms with Gasteiger partial charge in [-0.15, -0.1) is 0 Å². The summed E-state index contributed by atoms with van der Waals surface area (Å²) in [6.07, 6.45) is 10.7. The SMILES string of the molecule is CC.CC(=O)O[C@@H](C1CCC2C(CC3C4CCC5C(C)(C)[C@@H](OC(=O)CN)CCC56C[C@@]46CCC23C)O1)C(C)(C)O.[HH]. The first kappa shape index (κ1) is 31.3. The third kappa shape index (κ3) is 4.61. The number of rotatable bonds is 5. The molecule has 0 aromatic rings. The summed E-state index contributed by atoms with van der Waals surface area (Å²) in [6.45, 7) is 16.0. The molecule has 7 nitrogen and oxygen atoms in total. The molecule has 7 heteroatoms. The molecule has 3 N–H and O–H groups in total. The second kappa shape index (κ2) is 10.5. The molecule has 236 valence electrons. The van der Waals surface area contributed by atoms with Crippen LogP contribution in [-0.2, 0) is 23.8 Å². The molecular formula is C34H59NO6. The van der Waals surface area contributed by atoms with E-state index in [1.54, 1.807) is 13.8 Å². The first-order valence-electron chi connectivity index (χ1n) is 16.6. The zero-order valence-electron chi connectivity index (χ0n) is 27.0. The highest BCUT2D eigenvalue weighted by molar-refractivity contribution is 5.71. The van der Waals surface area contributed by atoms with Crippen LogP contribution in [0.3, 0.4) is 0 Å². The van der Waals surface area contributed by atoms with Gasteiger partial charge >= 0.3 is 11.9 Å². The van der Waals surface area contributed by atoms with Gasteiger partial charge in [0.25, 0.3) is 0 Å². The fourth-order valence-electron chi connectivity index (χ4n) is 11.7. The summed E-state index contributed by atoms with van der Waals surface area (Å²) in [6, 6.07) is 0. The number of ether oxygens (including phenoxy) is 3. The molecule has 8 unspecified atom stereocenters. The molecule has 0 amide bonds. The summed E-state index contributed by atoms with van der Waals surface area (Å²) in [5, 5.41) is 10.8. The van der Waals surface area contributed by atoms with Gasteiger partial charge in [-0.3, -0.25) is 9.59 Å². The van der Waals surface area contributed by atoms with Crippen molar-refractivity contribution in [2.24, 2.45) is 51.1 Å². The summed E-state index contributed by atoms with van der Waals surface area (Å²) in [5.74, 6) is 1.88. The number of carbonyl (C=O) groups is 2. The van der Waals surface area contributed by atoms with Gasteiger partial charge in [-0.05, 0) is 118 Å². The summed E-state index contributed by atoms with van der Waals surface area (Å²) in [7, 11) is 0. The van der Waals surface area contributed by atoms with Gasteiger partial charge < -0.3 is 25.1 Å². The van der Waals surface area contributed by atoms with Crippen LogP contribution < -0.4 is 5.73 Å². The topological polar surface area (TPSA) is 108 Å². The standard InChI is InChI=1S/C32H51NO6.C2H6.H2/c1-18(34)37-27(29(4,5)36)22-9-7-20-23(38-22)15-21-19-8-10-24-28(2,3)25(39-26(35)16-33)11-12-32(24)17-31(19,32)14-13-30(20,21)6;1-2;/h19-25,27,36H,7-17,33H2,1-6H3;1-2H3;1H/t19?,20?,21?,22?,23?,24?,25-,27-,30?,31-,32?;;/m0../s1. The normalized spacial score (nSPS) is 46.1. The van der Waals surface area contributed by atoms with E-state index in [9.17, 15) is 14.7 Å². The lowest BCUT2D eigenvalue weighted by atomic mass is 9.46. The number of esters is 2. The highest BCUT2D eigenvalue weighted by Gasteiger charge is 2.81. The Morgan fingerprint density at radius 3 is 2.32 bits per heavy atom. The fourth-order valence-corrected chi connectivity index (χ4v) is 11.7. The predicted octanol–water partition coefficient (Wildman–Crippen LogP) is 6.04. The maximum absolute atomic E-state index is 12.1. The number of aliphatic hydroxyl groups is 1. The lowest BCUT2D eigenvalue weighted by Crippen LogP contribution is -2.55. The molecule has 6 rings (SSSR count). The third-order valence-corrected chi connectivity index (χ3v) is 13.3. The largest absolute Gasteiger partial charge is 0.461 e. The van der Waals surface area contributed by atoms with Crippen LogP contribution in [0.5, 0.6) is 0 Å². The van der Waals surface area contributed by atoms with Crippen LogP contribution in [0.1, 0.15) is 121 Å². The molecule has 6 aliphatic rings. The van der Waals surface area contributed by atoms with E-state index < -0.39 is 11.7 Å². The number of hydrogen-bond acceptors (Lipinski definition) is 7. The zero-order valence-corrected chi connectivity index (χ0v) is 27.0. The van der Waals surface area contributed by atoms with Gasteiger partial charge in [0.15, 0.2) is 6.10 Å². The monoisotopic (exact) mass is 577 g/mol. The Bertz CT molecular complexity index is 1030. The van der Waals surface area contributed by atoms with Crippen molar-refractivity contribution in [3.8, 4) is 0 Å². The van der Waals surface area contributed by atoms with E-state index in [1.165, 1.54) is 45.4 Å². The van der Waals surface area contributed by atoms with Crippen LogP contribution in [0.4, 0.5) is 0 Å². The van der Waals surface area contributed by atoms with Crippen molar-refractivity contribution in [1.29, 1.82) is 0 Å². The lowest BCUT2D eigenvalue weighted by molar-refractivity contribution is -0.200. The van der Waals surface area contributed by atoms with E-state index in [0.717, 1.165) is 31.6 Å². The minimum Gasteiger partial charge on any atom is -0.461 e. The average Bonchev–Trinajstić information content (AvgIpc) is 3.49. The molecule has 1 saturated heterocycles. The van der Waals surface area contributed by atoms with E-state index in [2.05, 4.69) is 20.8 Å². The minimum absolute atomic E-state index is 0. The van der Waals surface area contributed by atoms with E-state index >= 15 is 0 Å². The summed E-state index contributed by atoms with van der Waals surface area (Å²) >= 11 is 0. The van der Waals surface area contributed by atoms with E-state index in [0.29, 0.717) is 28.6 Å². The van der Waals surface area contributed by atoms with Gasteiger partial charge in [0.1, 0.15) is 6.10 Å². The molecule has 2 spiro atoms. The number of carbonyl (C=O) groups excluding carboxylic acids is 2. The van der Waals surface area contributed by atoms with Gasteiger partial charge in [-0.1, -0.05) is 34.6 Å². The molecule has 6 fully saturated rings. The lowest BCUT2D eigenvalue weighted by Gasteiger charge is -2.59. The molecule has 5 aliphatic carbocycles. The first-order chi connectivity index (χ1) is 19.2. The van der Waals surface area contributed by atoms with Crippen LogP contribution in [0.2, 0.25) is 0 Å². The predicted molar refractivity (Wildman–Crippen MR) is 160 cm³/mol. The molecule has 1 aliphatic heterocycles. The van der Waals surface area contributed by atoms with Crippen LogP contribution >= 0.6 is 0 Å². The zero-order chi connectivity index (χ0) is 30.2. The Hall–Kier alpha value is -1.18. The van der Waals surface area contributed by atoms with Gasteiger partial charge in [0.2, 0.25) is 0 Å². The van der Waals surface area contributed by atoms with Crippen LogP contribution in [0.15, 0.2) is 0 Å². The fraction of sp³-hybridized carbons (Fsp3) is 0.941. The van der Waals surface area contributed by atoms with E-state index in [-0.39, 0.29) is 49.1 Å². The molecule has 0 aromatic carbocycles. The van der Waals surface area contributed by atoms with Gasteiger partial charge in [-0.25, -0.2) is 0 Å². The van der Waals surface area contributed by atoms with Crippen molar-refractivity contribution in [3.63, 3.8) is 0 Å². The summed E-state index contributed by atoms with van der Waals surface area (Å²) in [4.78, 5) is 24.0. The Balaban J connectivity index is 0.00000132. The van der Waals surface area contributed by atoms with E-state index in [1.807, 2.05) is 13.8 Å². The molecule has 1 heterocycles. The molecule has 5 saturated carbocycles. The van der Waals surface area contributed by atoms with Crippen LogP contribution in [0, 0.1) is 45.3 Å². The number of hydrogen-bond donors (Lipinski definition) is 2. The van der Waals surface area contributed by atoms with Crippen LogP contribution in [-0.4, -0.2) is 53.6 Å². The van der Waals surface area contributed by atoms with Crippen molar-refractivity contribution >= 4 is 11.9 Å². The third-order valence-electron chi connectivity index (χ3n) is 13.3. The van der Waals surface area contributed by atoms with Gasteiger partial charge in [0.05, 0.1) is 24.4 Å². The summed E-state index contributed by atoms with van der Waals surface area (Å²) < 4.78 is 18.3. The second-order valence-corrected chi connectivity index (χ2v) is 15.7. The first-order valence-corrected chi connectivity index (χ1v) is 16.6. The maximum atomic E-state index is 12.1. The maximum Gasteiger partial charge on any atom is 0.319 e. The smallest absolute Gasteiger partial charge is 0.319 e.